The minimum atomic E-state index is -0.397. The molecule has 1 fully saturated rings. The van der Waals surface area contributed by atoms with Gasteiger partial charge in [0.15, 0.2) is 12.0 Å². The van der Waals surface area contributed by atoms with E-state index in [0.29, 0.717) is 28.9 Å². The molecule has 0 amide bonds. The van der Waals surface area contributed by atoms with Gasteiger partial charge in [0.05, 0.1) is 5.56 Å². The van der Waals surface area contributed by atoms with Crippen molar-refractivity contribution in [3.63, 3.8) is 0 Å². The predicted octanol–water partition coefficient (Wildman–Crippen LogP) is 3.17. The fourth-order valence-electron chi connectivity index (χ4n) is 1.91. The van der Waals surface area contributed by atoms with Crippen LogP contribution in [0.2, 0.25) is 0 Å². The fraction of sp³-hybridized carbons (Fsp3) is 0.231. The van der Waals surface area contributed by atoms with Crippen molar-refractivity contribution >= 4 is 6.29 Å². The number of rotatable bonds is 3. The first-order chi connectivity index (χ1) is 8.31. The predicted molar refractivity (Wildman–Crippen MR) is 59.3 cm³/mol. The van der Waals surface area contributed by atoms with Gasteiger partial charge in [0.25, 0.3) is 0 Å². The second kappa shape index (κ2) is 3.80. The van der Waals surface area contributed by atoms with Crippen molar-refractivity contribution < 1.29 is 13.7 Å². The van der Waals surface area contributed by atoms with Gasteiger partial charge in [-0.05, 0) is 25.0 Å². The van der Waals surface area contributed by atoms with E-state index in [1.54, 1.807) is 18.2 Å². The first-order valence-corrected chi connectivity index (χ1v) is 5.51. The molecule has 1 aromatic heterocycles. The fourth-order valence-corrected chi connectivity index (χ4v) is 1.91. The summed E-state index contributed by atoms with van der Waals surface area (Å²) in [4.78, 5) is 11.1. The van der Waals surface area contributed by atoms with E-state index in [2.05, 4.69) is 5.16 Å². The molecule has 17 heavy (non-hydrogen) atoms. The molecule has 86 valence electrons. The van der Waals surface area contributed by atoms with Crippen molar-refractivity contribution in [2.45, 2.75) is 18.8 Å². The summed E-state index contributed by atoms with van der Waals surface area (Å²) in [6.07, 6.45) is 2.71. The number of carbonyl (C=O) groups is 1. The zero-order valence-electron chi connectivity index (χ0n) is 9.02. The molecule has 0 N–H and O–H groups in total. The van der Waals surface area contributed by atoms with E-state index in [1.165, 1.54) is 6.07 Å². The maximum absolute atomic E-state index is 13.6. The number of hydrogen-bond acceptors (Lipinski definition) is 3. The highest BCUT2D eigenvalue weighted by atomic mass is 19.1. The second-order valence-electron chi connectivity index (χ2n) is 4.18. The molecule has 0 saturated heterocycles. The SMILES string of the molecule is O=Cc1c(-c2ccccc2F)noc1C1CC1. The number of aromatic nitrogens is 1. The van der Waals surface area contributed by atoms with E-state index < -0.39 is 5.82 Å². The van der Waals surface area contributed by atoms with Crippen molar-refractivity contribution in [2.75, 3.05) is 0 Å². The highest BCUT2D eigenvalue weighted by Gasteiger charge is 2.32. The largest absolute Gasteiger partial charge is 0.360 e. The maximum atomic E-state index is 13.6. The molecule has 0 radical (unpaired) electrons. The Morgan fingerprint density at radius 3 is 2.76 bits per heavy atom. The zero-order valence-corrected chi connectivity index (χ0v) is 9.02. The molecule has 0 aliphatic heterocycles. The molecule has 1 saturated carbocycles. The van der Waals surface area contributed by atoms with Gasteiger partial charge in [-0.25, -0.2) is 4.39 Å². The number of aldehydes is 1. The zero-order chi connectivity index (χ0) is 11.8. The lowest BCUT2D eigenvalue weighted by molar-refractivity contribution is 0.112. The monoisotopic (exact) mass is 231 g/mol. The molecular weight excluding hydrogens is 221 g/mol. The molecule has 2 aromatic rings. The van der Waals surface area contributed by atoms with Crippen molar-refractivity contribution in [2.24, 2.45) is 0 Å². The minimum Gasteiger partial charge on any atom is -0.360 e. The molecule has 1 aromatic carbocycles. The minimum absolute atomic E-state index is 0.281. The van der Waals surface area contributed by atoms with Gasteiger partial charge >= 0.3 is 0 Å². The first-order valence-electron chi connectivity index (χ1n) is 5.51. The maximum Gasteiger partial charge on any atom is 0.155 e. The van der Waals surface area contributed by atoms with E-state index in [9.17, 15) is 9.18 Å². The van der Waals surface area contributed by atoms with Gasteiger partial charge in [-0.3, -0.25) is 4.79 Å². The van der Waals surface area contributed by atoms with E-state index in [-0.39, 0.29) is 5.92 Å². The van der Waals surface area contributed by atoms with Crippen LogP contribution in [0.1, 0.15) is 34.9 Å². The molecule has 0 atom stereocenters. The van der Waals surface area contributed by atoms with Crippen LogP contribution in [-0.2, 0) is 0 Å². The number of benzene rings is 1. The molecule has 3 rings (SSSR count). The summed E-state index contributed by atoms with van der Waals surface area (Å²) in [6, 6.07) is 6.24. The molecule has 0 unspecified atom stereocenters. The Hall–Kier alpha value is -1.97. The summed E-state index contributed by atoms with van der Waals surface area (Å²) in [6.45, 7) is 0. The summed E-state index contributed by atoms with van der Waals surface area (Å²) in [5, 5.41) is 3.83. The standard InChI is InChI=1S/C13H10FNO2/c14-11-4-2-1-3-9(11)12-10(7-16)13(17-15-12)8-5-6-8/h1-4,7-8H,5-6H2. The van der Waals surface area contributed by atoms with Crippen LogP contribution < -0.4 is 0 Å². The third-order valence-corrected chi connectivity index (χ3v) is 2.95. The van der Waals surface area contributed by atoms with Crippen LogP contribution in [0.3, 0.4) is 0 Å². The second-order valence-corrected chi connectivity index (χ2v) is 4.18. The quantitative estimate of drug-likeness (QED) is 0.762. The van der Waals surface area contributed by atoms with Crippen LogP contribution in [0.4, 0.5) is 4.39 Å². The summed E-state index contributed by atoms with van der Waals surface area (Å²) < 4.78 is 18.8. The Labute approximate surface area is 97.2 Å². The van der Waals surface area contributed by atoms with Crippen molar-refractivity contribution in [3.8, 4) is 11.3 Å². The summed E-state index contributed by atoms with van der Waals surface area (Å²) >= 11 is 0. The van der Waals surface area contributed by atoms with Crippen molar-refractivity contribution in [1.29, 1.82) is 0 Å². The number of nitrogens with zero attached hydrogens (tertiary/aromatic N) is 1. The van der Waals surface area contributed by atoms with Crippen molar-refractivity contribution in [1.82, 2.24) is 5.16 Å². The molecule has 4 heteroatoms. The van der Waals surface area contributed by atoms with Crippen molar-refractivity contribution in [3.05, 3.63) is 41.4 Å². The van der Waals surface area contributed by atoms with Crippen LogP contribution in [-0.4, -0.2) is 11.4 Å². The Kier molecular flexibility index (Phi) is 2.28. The lowest BCUT2D eigenvalue weighted by atomic mass is 10.0. The Balaban J connectivity index is 2.14. The third-order valence-electron chi connectivity index (χ3n) is 2.95. The van der Waals surface area contributed by atoms with Gasteiger partial charge in [-0.2, -0.15) is 0 Å². The van der Waals surface area contributed by atoms with Crippen LogP contribution in [0, 0.1) is 5.82 Å². The van der Waals surface area contributed by atoms with Crippen LogP contribution >= 0.6 is 0 Å². The smallest absolute Gasteiger partial charge is 0.155 e. The van der Waals surface area contributed by atoms with Gasteiger partial charge < -0.3 is 4.52 Å². The molecule has 0 bridgehead atoms. The topological polar surface area (TPSA) is 43.1 Å². The molecule has 3 nitrogen and oxygen atoms in total. The number of carbonyl (C=O) groups excluding carboxylic acids is 1. The lowest BCUT2D eigenvalue weighted by Gasteiger charge is -1.98. The highest BCUT2D eigenvalue weighted by Crippen LogP contribution is 2.43. The van der Waals surface area contributed by atoms with E-state index in [1.807, 2.05) is 0 Å². The first kappa shape index (κ1) is 10.2. The molecule has 1 aliphatic rings. The third kappa shape index (κ3) is 1.65. The highest BCUT2D eigenvalue weighted by molar-refractivity contribution is 5.87. The molecule has 0 spiro atoms. The van der Waals surface area contributed by atoms with E-state index in [0.717, 1.165) is 12.8 Å². The Morgan fingerprint density at radius 2 is 2.12 bits per heavy atom. The molecule has 1 aliphatic carbocycles. The van der Waals surface area contributed by atoms with E-state index in [4.69, 9.17) is 4.52 Å². The van der Waals surface area contributed by atoms with Crippen LogP contribution in [0.5, 0.6) is 0 Å². The van der Waals surface area contributed by atoms with Crippen LogP contribution in [0.15, 0.2) is 28.8 Å². The average Bonchev–Trinajstić information content (AvgIpc) is 3.10. The van der Waals surface area contributed by atoms with Crippen LogP contribution in [0.25, 0.3) is 11.3 Å². The summed E-state index contributed by atoms with van der Waals surface area (Å²) in [5.41, 5.74) is 1.00. The van der Waals surface area contributed by atoms with Gasteiger partial charge in [-0.15, -0.1) is 0 Å². The van der Waals surface area contributed by atoms with Gasteiger partial charge in [0.1, 0.15) is 11.5 Å². The number of halogens is 1. The Bertz CT molecular complexity index is 573. The lowest BCUT2D eigenvalue weighted by Crippen LogP contribution is -1.90. The summed E-state index contributed by atoms with van der Waals surface area (Å²) in [7, 11) is 0. The van der Waals surface area contributed by atoms with Gasteiger partial charge in [-0.1, -0.05) is 17.3 Å². The number of hydrogen-bond donors (Lipinski definition) is 0. The van der Waals surface area contributed by atoms with Gasteiger partial charge in [0.2, 0.25) is 0 Å². The average molecular weight is 231 g/mol. The summed E-state index contributed by atoms with van der Waals surface area (Å²) in [5.74, 6) is 0.479. The van der Waals surface area contributed by atoms with E-state index >= 15 is 0 Å². The Morgan fingerprint density at radius 1 is 1.35 bits per heavy atom. The van der Waals surface area contributed by atoms with Gasteiger partial charge in [0, 0.05) is 11.5 Å². The molecule has 1 heterocycles. The molecular formula is C13H10FNO2. The normalized spacial score (nSPS) is 14.9.